The molecular weight excluding hydrogens is 314 g/mol. The summed E-state index contributed by atoms with van der Waals surface area (Å²) in [6.45, 7) is 4.63. The predicted molar refractivity (Wildman–Crippen MR) is 91.2 cm³/mol. The van der Waals surface area contributed by atoms with Crippen molar-refractivity contribution in [3.8, 4) is 0 Å². The van der Waals surface area contributed by atoms with Crippen molar-refractivity contribution in [2.75, 3.05) is 13.1 Å². The van der Waals surface area contributed by atoms with Gasteiger partial charge >= 0.3 is 0 Å². The summed E-state index contributed by atoms with van der Waals surface area (Å²) in [6.07, 6.45) is 1.86. The van der Waals surface area contributed by atoms with Gasteiger partial charge in [-0.05, 0) is 50.9 Å². The van der Waals surface area contributed by atoms with Crippen LogP contribution in [0.25, 0.3) is 0 Å². The summed E-state index contributed by atoms with van der Waals surface area (Å²) in [5.74, 6) is -0.412. The molecule has 2 rings (SSSR count). The van der Waals surface area contributed by atoms with Crippen LogP contribution in [-0.2, 0) is 16.0 Å². The summed E-state index contributed by atoms with van der Waals surface area (Å²) in [5, 5.41) is 3.77. The summed E-state index contributed by atoms with van der Waals surface area (Å²) < 4.78 is 0. The molecule has 0 radical (unpaired) electrons. The molecule has 0 bridgehead atoms. The molecule has 1 aromatic carbocycles. The Morgan fingerprint density at radius 3 is 2.52 bits per heavy atom. The lowest BCUT2D eigenvalue weighted by Crippen LogP contribution is -2.54. The highest BCUT2D eigenvalue weighted by Gasteiger charge is 2.33. The average Bonchev–Trinajstić information content (AvgIpc) is 2.99. The van der Waals surface area contributed by atoms with Crippen LogP contribution in [0.5, 0.6) is 0 Å². The molecule has 3 N–H and O–H groups in total. The van der Waals surface area contributed by atoms with Gasteiger partial charge in [0.25, 0.3) is 0 Å². The van der Waals surface area contributed by atoms with E-state index in [9.17, 15) is 9.59 Å². The third-order valence-electron chi connectivity index (χ3n) is 3.76. The molecule has 1 aliphatic heterocycles. The number of nitrogens with two attached hydrogens (primary N) is 1. The van der Waals surface area contributed by atoms with Gasteiger partial charge < -0.3 is 11.1 Å². The Kier molecular flexibility index (Phi) is 5.79. The largest absolute Gasteiger partial charge is 0.324 e. The topological polar surface area (TPSA) is 75.4 Å². The van der Waals surface area contributed by atoms with Gasteiger partial charge in [-0.25, -0.2) is 0 Å². The molecule has 0 spiro atoms. The number of carbonyl (C=O) groups excluding carboxylic acids is 2. The summed E-state index contributed by atoms with van der Waals surface area (Å²) in [6, 6.07) is 6.78. The van der Waals surface area contributed by atoms with Gasteiger partial charge in [-0.3, -0.25) is 14.5 Å². The molecule has 2 amide bonds. The van der Waals surface area contributed by atoms with E-state index in [-0.39, 0.29) is 30.8 Å². The quantitative estimate of drug-likeness (QED) is 0.858. The first kappa shape index (κ1) is 17.9. The van der Waals surface area contributed by atoms with Gasteiger partial charge in [0.2, 0.25) is 11.8 Å². The van der Waals surface area contributed by atoms with Crippen LogP contribution in [0.1, 0.15) is 32.3 Å². The summed E-state index contributed by atoms with van der Waals surface area (Å²) in [5.41, 5.74) is 6.23. The van der Waals surface area contributed by atoms with E-state index >= 15 is 0 Å². The average molecular weight is 338 g/mol. The number of carbonyl (C=O) groups is 2. The van der Waals surface area contributed by atoms with Crippen LogP contribution in [0.3, 0.4) is 0 Å². The Balaban J connectivity index is 2.12. The van der Waals surface area contributed by atoms with Crippen molar-refractivity contribution < 1.29 is 9.59 Å². The Labute approximate surface area is 142 Å². The van der Waals surface area contributed by atoms with Crippen LogP contribution >= 0.6 is 11.6 Å². The number of nitrogens with zero attached hydrogens (tertiary/aromatic N) is 1. The molecule has 1 fully saturated rings. The Morgan fingerprint density at radius 2 is 2.00 bits per heavy atom. The van der Waals surface area contributed by atoms with Crippen LogP contribution in [0.4, 0.5) is 0 Å². The lowest BCUT2D eigenvalue weighted by Gasteiger charge is -2.30. The van der Waals surface area contributed by atoms with Gasteiger partial charge in [0, 0.05) is 17.1 Å². The van der Waals surface area contributed by atoms with Crippen LogP contribution in [0.2, 0.25) is 5.02 Å². The van der Waals surface area contributed by atoms with Gasteiger partial charge in [0.1, 0.15) is 0 Å². The second-order valence-electron chi connectivity index (χ2n) is 6.76. The zero-order chi connectivity index (χ0) is 17.0. The number of rotatable bonds is 5. The van der Waals surface area contributed by atoms with Crippen LogP contribution in [0, 0.1) is 0 Å². The molecule has 6 heteroatoms. The fraction of sp³-hybridized carbons (Fsp3) is 0.529. The number of nitrogens with one attached hydrogen (secondary N) is 1. The zero-order valence-corrected chi connectivity index (χ0v) is 14.4. The van der Waals surface area contributed by atoms with Crippen LogP contribution in [-0.4, -0.2) is 41.4 Å². The first-order valence-corrected chi connectivity index (χ1v) is 8.25. The van der Waals surface area contributed by atoms with E-state index in [1.807, 2.05) is 13.8 Å². The molecule has 126 valence electrons. The number of imide groups is 1. The van der Waals surface area contributed by atoms with Crippen molar-refractivity contribution in [1.82, 2.24) is 10.2 Å². The molecular formula is C17H24ClN3O2. The molecule has 5 nitrogen and oxygen atoms in total. The normalized spacial score (nSPS) is 18.0. The molecule has 1 aromatic rings. The smallest absolute Gasteiger partial charge is 0.246 e. The highest BCUT2D eigenvalue weighted by molar-refractivity contribution is 6.30. The van der Waals surface area contributed by atoms with Crippen molar-refractivity contribution >= 4 is 23.4 Å². The van der Waals surface area contributed by atoms with Crippen molar-refractivity contribution in [1.29, 1.82) is 0 Å². The Hall–Kier alpha value is -1.43. The van der Waals surface area contributed by atoms with E-state index in [1.165, 1.54) is 4.90 Å². The minimum Gasteiger partial charge on any atom is -0.324 e. The van der Waals surface area contributed by atoms with Crippen LogP contribution < -0.4 is 11.1 Å². The fourth-order valence-electron chi connectivity index (χ4n) is 2.65. The van der Waals surface area contributed by atoms with Gasteiger partial charge in [-0.15, -0.1) is 0 Å². The number of hydrogen-bond acceptors (Lipinski definition) is 4. The fourth-order valence-corrected chi connectivity index (χ4v) is 2.78. The second kappa shape index (κ2) is 7.43. The molecule has 1 saturated heterocycles. The molecule has 1 atom stereocenters. The van der Waals surface area contributed by atoms with E-state index in [0.717, 1.165) is 24.9 Å². The van der Waals surface area contributed by atoms with E-state index in [4.69, 9.17) is 17.3 Å². The maximum Gasteiger partial charge on any atom is 0.246 e. The Bertz CT molecular complexity index is 560. The monoisotopic (exact) mass is 337 g/mol. The third kappa shape index (κ3) is 5.30. The highest BCUT2D eigenvalue weighted by atomic mass is 35.5. The minimum atomic E-state index is -0.635. The van der Waals surface area contributed by atoms with Gasteiger partial charge in [-0.2, -0.15) is 0 Å². The molecule has 1 aliphatic rings. The summed E-state index contributed by atoms with van der Waals surface area (Å²) in [4.78, 5) is 26.6. The summed E-state index contributed by atoms with van der Waals surface area (Å²) in [7, 11) is 0. The molecule has 1 heterocycles. The van der Waals surface area contributed by atoms with Crippen molar-refractivity contribution in [3.05, 3.63) is 34.9 Å². The minimum absolute atomic E-state index is 0.158. The van der Waals surface area contributed by atoms with E-state index in [2.05, 4.69) is 5.32 Å². The molecule has 0 aromatic heterocycles. The second-order valence-corrected chi connectivity index (χ2v) is 7.20. The maximum atomic E-state index is 12.7. The number of hydrogen-bond donors (Lipinski definition) is 2. The summed E-state index contributed by atoms with van der Waals surface area (Å²) >= 11 is 5.86. The van der Waals surface area contributed by atoms with Crippen LogP contribution in [0.15, 0.2) is 24.3 Å². The number of amides is 2. The van der Waals surface area contributed by atoms with E-state index in [0.29, 0.717) is 5.02 Å². The molecule has 23 heavy (non-hydrogen) atoms. The Morgan fingerprint density at radius 1 is 1.35 bits per heavy atom. The molecule has 0 aliphatic carbocycles. The van der Waals surface area contributed by atoms with E-state index < -0.39 is 5.54 Å². The lowest BCUT2D eigenvalue weighted by molar-refractivity contribution is -0.146. The van der Waals surface area contributed by atoms with E-state index in [1.54, 1.807) is 24.3 Å². The highest BCUT2D eigenvalue weighted by Crippen LogP contribution is 2.15. The lowest BCUT2D eigenvalue weighted by atomic mass is 10.0. The first-order chi connectivity index (χ1) is 10.8. The predicted octanol–water partition coefficient (Wildman–Crippen LogP) is 1.73. The number of halogens is 1. The van der Waals surface area contributed by atoms with Crippen molar-refractivity contribution in [2.45, 2.75) is 44.7 Å². The third-order valence-corrected chi connectivity index (χ3v) is 4.01. The van der Waals surface area contributed by atoms with Gasteiger partial charge in [0.15, 0.2) is 0 Å². The number of benzene rings is 1. The van der Waals surface area contributed by atoms with Crippen molar-refractivity contribution in [3.63, 3.8) is 0 Å². The maximum absolute atomic E-state index is 12.7. The SMILES string of the molecule is CC(C)(N)CN(C(=O)Cc1ccc(Cl)cc1)C(=O)[C@@H]1CCCN1. The molecule has 0 unspecified atom stereocenters. The van der Waals surface area contributed by atoms with Gasteiger partial charge in [0.05, 0.1) is 12.5 Å². The standard InChI is InChI=1S/C17H24ClN3O2/c1-17(2,19)11-21(16(23)14-4-3-9-20-14)15(22)10-12-5-7-13(18)8-6-12/h5-8,14,20H,3-4,9-11,19H2,1-2H3/t14-/m0/s1. The molecule has 0 saturated carbocycles. The van der Waals surface area contributed by atoms with Crippen molar-refractivity contribution in [2.24, 2.45) is 5.73 Å². The zero-order valence-electron chi connectivity index (χ0n) is 13.6. The first-order valence-electron chi connectivity index (χ1n) is 7.87. The van der Waals surface area contributed by atoms with Gasteiger partial charge in [-0.1, -0.05) is 23.7 Å².